The van der Waals surface area contributed by atoms with E-state index in [1.165, 1.54) is 24.8 Å². The average Bonchev–Trinajstić information content (AvgIpc) is 2.64. The summed E-state index contributed by atoms with van der Waals surface area (Å²) in [7, 11) is 0. The highest BCUT2D eigenvalue weighted by Crippen LogP contribution is 2.70. The number of hydrogen-bond donors (Lipinski definition) is 2. The van der Waals surface area contributed by atoms with Crippen LogP contribution >= 0.6 is 0 Å². The number of aliphatic hydroxyl groups excluding tert-OH is 1. The molecule has 3 saturated carbocycles. The molecule has 4 aliphatic rings. The number of fused-ring (bicyclic) bond motifs is 6. The standard InChI is InChI=1S/C27H40O3/c1-16-13-18(28)14-17-15-21-26(5)10-7-19-24(2,3)22(29)9-11-25(19,4)20(26)8-12-27(21,6)30-23(16)17/h13-14,19-22,28-29H,7-12,15H2,1-6H3/t19-,20?,21-,22?,25?,26-,27+/m0/s1. The zero-order valence-electron chi connectivity index (χ0n) is 19.7. The first-order valence-corrected chi connectivity index (χ1v) is 12.1. The van der Waals surface area contributed by atoms with Crippen LogP contribution in [0.15, 0.2) is 12.1 Å². The lowest BCUT2D eigenvalue weighted by Gasteiger charge is -2.69. The van der Waals surface area contributed by atoms with Gasteiger partial charge in [0.05, 0.1) is 6.10 Å². The molecule has 166 valence electrons. The maximum atomic E-state index is 10.8. The van der Waals surface area contributed by atoms with Gasteiger partial charge in [0.15, 0.2) is 0 Å². The largest absolute Gasteiger partial charge is 0.508 e. The molecule has 0 amide bonds. The van der Waals surface area contributed by atoms with Crippen molar-refractivity contribution < 1.29 is 14.9 Å². The Balaban J connectivity index is 1.56. The van der Waals surface area contributed by atoms with Gasteiger partial charge in [0.2, 0.25) is 0 Å². The molecule has 3 nitrogen and oxygen atoms in total. The predicted octanol–water partition coefficient (Wildman–Crippen LogP) is 6.02. The Kier molecular flexibility index (Phi) is 4.26. The third kappa shape index (κ3) is 2.54. The first-order valence-electron chi connectivity index (χ1n) is 12.1. The second-order valence-corrected chi connectivity index (χ2v) is 12.5. The lowest BCUT2D eigenvalue weighted by molar-refractivity contribution is -0.223. The van der Waals surface area contributed by atoms with Gasteiger partial charge in [-0.05, 0) is 110 Å². The summed E-state index contributed by atoms with van der Waals surface area (Å²) < 4.78 is 6.80. The van der Waals surface area contributed by atoms with E-state index in [-0.39, 0.29) is 27.9 Å². The monoisotopic (exact) mass is 412 g/mol. The second-order valence-electron chi connectivity index (χ2n) is 12.5. The highest BCUT2D eigenvalue weighted by molar-refractivity contribution is 5.48. The number of phenols is 1. The van der Waals surface area contributed by atoms with E-state index in [2.05, 4.69) is 41.5 Å². The predicted molar refractivity (Wildman–Crippen MR) is 120 cm³/mol. The SMILES string of the molecule is Cc1cc(O)cc2c1O[C@]1(C)CCC3C4(C)CCC(O)C(C)(C)[C@@H]4CC[C@]3(C)[C@@H]1C2. The first kappa shape index (κ1) is 20.7. The number of aryl methyl sites for hydroxylation is 1. The minimum absolute atomic E-state index is 0.00630. The fraction of sp³-hybridized carbons (Fsp3) is 0.778. The van der Waals surface area contributed by atoms with Crippen LogP contribution in [-0.2, 0) is 6.42 Å². The molecule has 2 N–H and O–H groups in total. The molecule has 3 unspecified atom stereocenters. The molecule has 0 aromatic heterocycles. The molecule has 7 atom stereocenters. The van der Waals surface area contributed by atoms with Crippen molar-refractivity contribution in [3.63, 3.8) is 0 Å². The molecule has 0 spiro atoms. The Hall–Kier alpha value is -1.22. The van der Waals surface area contributed by atoms with Crippen molar-refractivity contribution in [2.45, 2.75) is 98.2 Å². The van der Waals surface area contributed by atoms with Crippen LogP contribution in [0, 0.1) is 40.9 Å². The van der Waals surface area contributed by atoms with Gasteiger partial charge in [0.1, 0.15) is 17.1 Å². The van der Waals surface area contributed by atoms with Crippen molar-refractivity contribution in [2.75, 3.05) is 0 Å². The quantitative estimate of drug-likeness (QED) is 0.547. The van der Waals surface area contributed by atoms with Gasteiger partial charge < -0.3 is 14.9 Å². The van der Waals surface area contributed by atoms with Gasteiger partial charge in [0.25, 0.3) is 0 Å². The smallest absolute Gasteiger partial charge is 0.126 e. The van der Waals surface area contributed by atoms with Crippen LogP contribution in [0.1, 0.15) is 84.3 Å². The molecule has 0 bridgehead atoms. The van der Waals surface area contributed by atoms with Gasteiger partial charge in [-0.15, -0.1) is 0 Å². The van der Waals surface area contributed by atoms with E-state index < -0.39 is 0 Å². The van der Waals surface area contributed by atoms with E-state index in [9.17, 15) is 10.2 Å². The van der Waals surface area contributed by atoms with Crippen molar-refractivity contribution in [2.24, 2.45) is 34.0 Å². The van der Waals surface area contributed by atoms with Gasteiger partial charge in [-0.1, -0.05) is 27.7 Å². The Morgan fingerprint density at radius 1 is 0.867 bits per heavy atom. The van der Waals surface area contributed by atoms with Crippen LogP contribution in [0.3, 0.4) is 0 Å². The molecule has 0 radical (unpaired) electrons. The molecule has 1 aromatic carbocycles. The van der Waals surface area contributed by atoms with Crippen molar-refractivity contribution >= 4 is 0 Å². The molecule has 1 heterocycles. The molecule has 1 aromatic rings. The van der Waals surface area contributed by atoms with Crippen LogP contribution in [0.5, 0.6) is 11.5 Å². The Labute approximate surface area is 182 Å². The Bertz CT molecular complexity index is 875. The summed E-state index contributed by atoms with van der Waals surface area (Å²) in [5.41, 5.74) is 2.61. The van der Waals surface area contributed by atoms with E-state index in [0.717, 1.165) is 37.0 Å². The van der Waals surface area contributed by atoms with Gasteiger partial charge in [-0.25, -0.2) is 0 Å². The van der Waals surface area contributed by atoms with Crippen molar-refractivity contribution in [1.82, 2.24) is 0 Å². The van der Waals surface area contributed by atoms with E-state index in [1.807, 2.05) is 12.1 Å². The molecule has 3 fully saturated rings. The third-order valence-electron chi connectivity index (χ3n) is 10.6. The van der Waals surface area contributed by atoms with Gasteiger partial charge in [0, 0.05) is 5.92 Å². The summed E-state index contributed by atoms with van der Waals surface area (Å²) in [6.07, 6.45) is 7.63. The zero-order chi connectivity index (χ0) is 21.7. The van der Waals surface area contributed by atoms with Crippen molar-refractivity contribution in [3.8, 4) is 11.5 Å². The lowest BCUT2D eigenvalue weighted by atomic mass is 9.37. The summed E-state index contributed by atoms with van der Waals surface area (Å²) in [6.45, 7) is 14.1. The number of hydrogen-bond acceptors (Lipinski definition) is 3. The number of ether oxygens (including phenoxy) is 1. The van der Waals surface area contributed by atoms with E-state index in [4.69, 9.17) is 4.74 Å². The summed E-state index contributed by atoms with van der Waals surface area (Å²) in [5.74, 6) is 3.08. The number of benzene rings is 1. The fourth-order valence-electron chi connectivity index (χ4n) is 9.11. The average molecular weight is 413 g/mol. The molecule has 30 heavy (non-hydrogen) atoms. The Morgan fingerprint density at radius 2 is 1.50 bits per heavy atom. The van der Waals surface area contributed by atoms with Crippen LogP contribution in [0.2, 0.25) is 0 Å². The number of rotatable bonds is 0. The van der Waals surface area contributed by atoms with Crippen LogP contribution in [-0.4, -0.2) is 21.9 Å². The maximum absolute atomic E-state index is 10.8. The second kappa shape index (κ2) is 6.18. The summed E-state index contributed by atoms with van der Waals surface area (Å²) in [6, 6.07) is 3.76. The topological polar surface area (TPSA) is 49.7 Å². The highest BCUT2D eigenvalue weighted by Gasteiger charge is 2.66. The normalized spacial score (nSPS) is 46.6. The molecular weight excluding hydrogens is 372 g/mol. The molecule has 3 aliphatic carbocycles. The number of aliphatic hydroxyl groups is 1. The highest BCUT2D eigenvalue weighted by atomic mass is 16.5. The number of phenolic OH excluding ortho intramolecular Hbond substituents is 1. The lowest BCUT2D eigenvalue weighted by Crippen LogP contribution is -2.66. The summed E-state index contributed by atoms with van der Waals surface area (Å²) >= 11 is 0. The molecule has 3 heteroatoms. The summed E-state index contributed by atoms with van der Waals surface area (Å²) in [4.78, 5) is 0. The molecular formula is C27H40O3. The molecule has 5 rings (SSSR count). The van der Waals surface area contributed by atoms with Gasteiger partial charge in [-0.2, -0.15) is 0 Å². The van der Waals surface area contributed by atoms with Crippen LogP contribution in [0.4, 0.5) is 0 Å². The van der Waals surface area contributed by atoms with E-state index in [1.54, 1.807) is 0 Å². The Morgan fingerprint density at radius 3 is 2.23 bits per heavy atom. The minimum Gasteiger partial charge on any atom is -0.508 e. The molecule has 1 aliphatic heterocycles. The minimum atomic E-state index is -0.176. The number of aromatic hydroxyl groups is 1. The third-order valence-corrected chi connectivity index (χ3v) is 10.6. The van der Waals surface area contributed by atoms with Gasteiger partial charge >= 0.3 is 0 Å². The van der Waals surface area contributed by atoms with Gasteiger partial charge in [-0.3, -0.25) is 0 Å². The van der Waals surface area contributed by atoms with Crippen LogP contribution in [0.25, 0.3) is 0 Å². The van der Waals surface area contributed by atoms with Crippen molar-refractivity contribution in [1.29, 1.82) is 0 Å². The van der Waals surface area contributed by atoms with E-state index in [0.29, 0.717) is 23.5 Å². The first-order chi connectivity index (χ1) is 13.9. The van der Waals surface area contributed by atoms with Crippen molar-refractivity contribution in [3.05, 3.63) is 23.3 Å². The zero-order valence-corrected chi connectivity index (χ0v) is 19.7. The van der Waals surface area contributed by atoms with Crippen LogP contribution < -0.4 is 4.74 Å². The maximum Gasteiger partial charge on any atom is 0.126 e. The summed E-state index contributed by atoms with van der Waals surface area (Å²) in [5, 5.41) is 21.0. The van der Waals surface area contributed by atoms with E-state index >= 15 is 0 Å². The fourth-order valence-corrected chi connectivity index (χ4v) is 9.11. The molecule has 0 saturated heterocycles.